The minimum atomic E-state index is -3.40. The van der Waals surface area contributed by atoms with Gasteiger partial charge in [-0.05, 0) is 36.5 Å². The lowest BCUT2D eigenvalue weighted by Crippen LogP contribution is -2.27. The van der Waals surface area contributed by atoms with Gasteiger partial charge in [-0.2, -0.15) is 0 Å². The number of nitrogens with one attached hydrogen (secondary N) is 2. The van der Waals surface area contributed by atoms with E-state index in [0.29, 0.717) is 24.0 Å². The molecule has 1 aliphatic carbocycles. The van der Waals surface area contributed by atoms with Crippen molar-refractivity contribution >= 4 is 10.0 Å². The van der Waals surface area contributed by atoms with E-state index in [9.17, 15) is 8.42 Å². The molecule has 0 radical (unpaired) electrons. The number of sulfonamides is 1. The first-order chi connectivity index (χ1) is 9.90. The van der Waals surface area contributed by atoms with Gasteiger partial charge in [0.15, 0.2) is 0 Å². The molecule has 0 aliphatic heterocycles. The Kier molecular flexibility index (Phi) is 5.41. The smallest absolute Gasteiger partial charge is 0.240 e. The molecule has 1 fully saturated rings. The van der Waals surface area contributed by atoms with Gasteiger partial charge in [0.25, 0.3) is 0 Å². The Balaban J connectivity index is 2.07. The molecule has 1 aromatic rings. The van der Waals surface area contributed by atoms with Crippen molar-refractivity contribution in [3.63, 3.8) is 0 Å². The zero-order valence-electron chi connectivity index (χ0n) is 13.1. The van der Waals surface area contributed by atoms with Crippen molar-refractivity contribution in [3.05, 3.63) is 29.3 Å². The monoisotopic (exact) mass is 310 g/mol. The molecular formula is C16H26N2O2S. The Morgan fingerprint density at radius 3 is 2.62 bits per heavy atom. The highest BCUT2D eigenvalue weighted by Crippen LogP contribution is 2.31. The minimum Gasteiger partial charge on any atom is -0.310 e. The first-order valence-electron chi connectivity index (χ1n) is 7.71. The largest absolute Gasteiger partial charge is 0.310 e. The summed E-state index contributed by atoms with van der Waals surface area (Å²) in [5.41, 5.74) is 1.87. The van der Waals surface area contributed by atoms with E-state index in [-0.39, 0.29) is 0 Å². The molecular weight excluding hydrogens is 284 g/mol. The highest BCUT2D eigenvalue weighted by atomic mass is 32.2. The third kappa shape index (κ3) is 4.80. The number of hydrogen-bond acceptors (Lipinski definition) is 3. The van der Waals surface area contributed by atoms with Crippen molar-refractivity contribution in [2.45, 2.75) is 57.5 Å². The van der Waals surface area contributed by atoms with Crippen LogP contribution in [0.3, 0.4) is 0 Å². The van der Waals surface area contributed by atoms with Crippen LogP contribution in [0.4, 0.5) is 0 Å². The first-order valence-corrected chi connectivity index (χ1v) is 9.20. The molecule has 118 valence electrons. The standard InChI is InChI=1S/C16H26N2O2S/c1-12(2)17-11-15-5-4-6-16(13(15)3)21(19,20)18-10-9-14-7-8-14/h4-6,12,14,17-18H,7-11H2,1-3H3. The maximum Gasteiger partial charge on any atom is 0.240 e. The fourth-order valence-electron chi connectivity index (χ4n) is 2.34. The van der Waals surface area contributed by atoms with Crippen molar-refractivity contribution in [1.29, 1.82) is 0 Å². The highest BCUT2D eigenvalue weighted by Gasteiger charge is 2.23. The molecule has 2 N–H and O–H groups in total. The quantitative estimate of drug-likeness (QED) is 0.776. The third-order valence-corrected chi connectivity index (χ3v) is 5.53. The summed E-state index contributed by atoms with van der Waals surface area (Å²) in [4.78, 5) is 0.404. The van der Waals surface area contributed by atoms with E-state index in [2.05, 4.69) is 23.9 Å². The van der Waals surface area contributed by atoms with Crippen LogP contribution < -0.4 is 10.0 Å². The van der Waals surface area contributed by atoms with Gasteiger partial charge in [-0.1, -0.05) is 38.8 Å². The molecule has 1 saturated carbocycles. The number of hydrogen-bond donors (Lipinski definition) is 2. The number of rotatable bonds is 8. The molecule has 21 heavy (non-hydrogen) atoms. The lowest BCUT2D eigenvalue weighted by Gasteiger charge is -2.14. The molecule has 0 aromatic heterocycles. The topological polar surface area (TPSA) is 58.2 Å². The molecule has 0 bridgehead atoms. The minimum absolute atomic E-state index is 0.376. The maximum absolute atomic E-state index is 12.4. The summed E-state index contributed by atoms with van der Waals surface area (Å²) >= 11 is 0. The van der Waals surface area contributed by atoms with Crippen LogP contribution in [0.15, 0.2) is 23.1 Å². The zero-order valence-corrected chi connectivity index (χ0v) is 14.0. The van der Waals surface area contributed by atoms with Gasteiger partial charge in [0.05, 0.1) is 4.90 Å². The molecule has 0 atom stereocenters. The van der Waals surface area contributed by atoms with E-state index in [1.165, 1.54) is 12.8 Å². The van der Waals surface area contributed by atoms with Crippen LogP contribution in [0.5, 0.6) is 0 Å². The van der Waals surface area contributed by atoms with Gasteiger partial charge in [-0.15, -0.1) is 0 Å². The second kappa shape index (κ2) is 6.90. The second-order valence-electron chi connectivity index (χ2n) is 6.21. The highest BCUT2D eigenvalue weighted by molar-refractivity contribution is 7.89. The van der Waals surface area contributed by atoms with Crippen molar-refractivity contribution in [2.24, 2.45) is 5.92 Å². The Hall–Kier alpha value is -0.910. The Morgan fingerprint density at radius 2 is 2.00 bits per heavy atom. The van der Waals surface area contributed by atoms with Crippen molar-refractivity contribution < 1.29 is 8.42 Å². The molecule has 0 heterocycles. The predicted octanol–water partition coefficient (Wildman–Crippen LogP) is 2.57. The summed E-state index contributed by atoms with van der Waals surface area (Å²) in [6.45, 7) is 7.27. The molecule has 1 aliphatic rings. The van der Waals surface area contributed by atoms with Crippen LogP contribution in [0, 0.1) is 12.8 Å². The average molecular weight is 310 g/mol. The molecule has 0 saturated heterocycles. The second-order valence-corrected chi connectivity index (χ2v) is 7.94. The van der Waals surface area contributed by atoms with Crippen molar-refractivity contribution in [2.75, 3.05) is 6.54 Å². The van der Waals surface area contributed by atoms with Crippen LogP contribution >= 0.6 is 0 Å². The molecule has 2 rings (SSSR count). The summed E-state index contributed by atoms with van der Waals surface area (Å²) in [6, 6.07) is 5.86. The average Bonchev–Trinajstić information content (AvgIpc) is 3.21. The summed E-state index contributed by atoms with van der Waals surface area (Å²) in [5, 5.41) is 3.33. The summed E-state index contributed by atoms with van der Waals surface area (Å²) in [5.74, 6) is 0.732. The normalized spacial score (nSPS) is 15.6. The lowest BCUT2D eigenvalue weighted by atomic mass is 10.1. The number of benzene rings is 1. The van der Waals surface area contributed by atoms with Gasteiger partial charge in [0.1, 0.15) is 0 Å². The van der Waals surface area contributed by atoms with E-state index in [4.69, 9.17) is 0 Å². The predicted molar refractivity (Wildman–Crippen MR) is 85.7 cm³/mol. The van der Waals surface area contributed by atoms with Crippen molar-refractivity contribution in [1.82, 2.24) is 10.0 Å². The van der Waals surface area contributed by atoms with Crippen molar-refractivity contribution in [3.8, 4) is 0 Å². The van der Waals surface area contributed by atoms with E-state index in [1.54, 1.807) is 6.07 Å². The van der Waals surface area contributed by atoms with Gasteiger partial charge in [-0.3, -0.25) is 0 Å². The van der Waals surface area contributed by atoms with E-state index in [0.717, 1.165) is 23.5 Å². The summed E-state index contributed by atoms with van der Waals surface area (Å²) in [7, 11) is -3.40. The first kappa shape index (κ1) is 16.5. The van der Waals surface area contributed by atoms with Crippen LogP contribution in [0.2, 0.25) is 0 Å². The fourth-order valence-corrected chi connectivity index (χ4v) is 3.67. The molecule has 0 spiro atoms. The third-order valence-electron chi connectivity index (χ3n) is 3.93. The zero-order chi connectivity index (χ0) is 15.5. The Morgan fingerprint density at radius 1 is 1.29 bits per heavy atom. The SMILES string of the molecule is Cc1c(CNC(C)C)cccc1S(=O)(=O)NCCC1CC1. The maximum atomic E-state index is 12.4. The van der Waals surface area contributed by atoms with Gasteiger partial charge >= 0.3 is 0 Å². The Labute approximate surface area is 128 Å². The van der Waals surface area contributed by atoms with Crippen LogP contribution in [0.25, 0.3) is 0 Å². The molecule has 4 nitrogen and oxygen atoms in total. The molecule has 0 unspecified atom stereocenters. The lowest BCUT2D eigenvalue weighted by molar-refractivity contribution is 0.572. The van der Waals surface area contributed by atoms with Gasteiger partial charge in [0, 0.05) is 19.1 Å². The van der Waals surface area contributed by atoms with E-state index >= 15 is 0 Å². The van der Waals surface area contributed by atoms with Crippen LogP contribution in [-0.2, 0) is 16.6 Å². The molecule has 5 heteroatoms. The fraction of sp³-hybridized carbons (Fsp3) is 0.625. The molecule has 0 amide bonds. The van der Waals surface area contributed by atoms with Gasteiger partial charge in [0.2, 0.25) is 10.0 Å². The van der Waals surface area contributed by atoms with Gasteiger partial charge in [-0.25, -0.2) is 13.1 Å². The van der Waals surface area contributed by atoms with Gasteiger partial charge < -0.3 is 5.32 Å². The van der Waals surface area contributed by atoms with Crippen LogP contribution in [-0.4, -0.2) is 21.0 Å². The van der Waals surface area contributed by atoms with E-state index < -0.39 is 10.0 Å². The summed E-state index contributed by atoms with van der Waals surface area (Å²) in [6.07, 6.45) is 3.45. The summed E-state index contributed by atoms with van der Waals surface area (Å²) < 4.78 is 27.6. The van der Waals surface area contributed by atoms with E-state index in [1.807, 2.05) is 19.1 Å². The Bertz CT molecular complexity index is 578. The van der Waals surface area contributed by atoms with Crippen LogP contribution in [0.1, 0.15) is 44.2 Å². The molecule has 1 aromatic carbocycles.